The summed E-state index contributed by atoms with van der Waals surface area (Å²) < 4.78 is 14.7. The van der Waals surface area contributed by atoms with Crippen LogP contribution < -0.4 is 11.0 Å². The lowest BCUT2D eigenvalue weighted by molar-refractivity contribution is -0.115. The van der Waals surface area contributed by atoms with E-state index >= 15 is 0 Å². The van der Waals surface area contributed by atoms with Gasteiger partial charge in [0.25, 0.3) is 0 Å². The summed E-state index contributed by atoms with van der Waals surface area (Å²) in [7, 11) is 0. The van der Waals surface area contributed by atoms with Crippen molar-refractivity contribution in [2.45, 2.75) is 43.6 Å². The van der Waals surface area contributed by atoms with Gasteiger partial charge in [0.2, 0.25) is 5.91 Å². The minimum Gasteiger partial charge on any atom is -0.325 e. The van der Waals surface area contributed by atoms with Crippen molar-refractivity contribution >= 4 is 23.4 Å². The number of H-pyrrole nitrogens is 1. The molecular weight excluding hydrogens is 319 g/mol. The zero-order valence-corrected chi connectivity index (χ0v) is 13.8. The van der Waals surface area contributed by atoms with Gasteiger partial charge < -0.3 is 5.32 Å². The van der Waals surface area contributed by atoms with Gasteiger partial charge in [-0.3, -0.25) is 9.36 Å². The third-order valence-corrected chi connectivity index (χ3v) is 4.29. The number of hydrogen-bond donors (Lipinski definition) is 2. The van der Waals surface area contributed by atoms with Crippen molar-refractivity contribution in [1.29, 1.82) is 0 Å². The summed E-state index contributed by atoms with van der Waals surface area (Å²) in [6.07, 6.45) is 1.81. The minimum atomic E-state index is -0.478. The Morgan fingerprint density at radius 3 is 3.00 bits per heavy atom. The Morgan fingerprint density at radius 1 is 1.52 bits per heavy atom. The van der Waals surface area contributed by atoms with Gasteiger partial charge >= 0.3 is 5.69 Å². The number of amides is 1. The molecule has 23 heavy (non-hydrogen) atoms. The maximum Gasteiger partial charge on any atom is 0.343 e. The first-order chi connectivity index (χ1) is 11.0. The molecule has 0 aliphatic heterocycles. The fourth-order valence-electron chi connectivity index (χ4n) is 1.93. The van der Waals surface area contributed by atoms with Crippen LogP contribution in [0.15, 0.2) is 34.2 Å². The molecule has 2 N–H and O–H groups in total. The van der Waals surface area contributed by atoms with E-state index in [1.807, 2.05) is 6.92 Å². The quantitative estimate of drug-likeness (QED) is 0.761. The third-order valence-electron chi connectivity index (χ3n) is 3.20. The molecule has 1 atom stereocenters. The van der Waals surface area contributed by atoms with Gasteiger partial charge in [-0.2, -0.15) is 0 Å². The number of anilines is 1. The zero-order chi connectivity index (χ0) is 16.8. The summed E-state index contributed by atoms with van der Waals surface area (Å²) in [5, 5.41) is 9.01. The average Bonchev–Trinajstić information content (AvgIpc) is 2.85. The molecule has 0 bridgehead atoms. The first-order valence-electron chi connectivity index (χ1n) is 7.39. The molecule has 0 unspecified atom stereocenters. The lowest BCUT2D eigenvalue weighted by atomic mass is 10.3. The molecule has 0 aliphatic rings. The monoisotopic (exact) mass is 338 g/mol. The minimum absolute atomic E-state index is 0.279. The molecule has 2 aromatic rings. The van der Waals surface area contributed by atoms with Crippen molar-refractivity contribution in [3.05, 3.63) is 40.6 Å². The van der Waals surface area contributed by atoms with Gasteiger partial charge in [-0.15, -0.1) is 5.10 Å². The Labute approximate surface area is 137 Å². The summed E-state index contributed by atoms with van der Waals surface area (Å²) in [6, 6.07) is 5.70. The lowest BCUT2D eigenvalue weighted by Gasteiger charge is -2.12. The van der Waals surface area contributed by atoms with Crippen molar-refractivity contribution in [2.24, 2.45) is 0 Å². The molecule has 1 heterocycles. The van der Waals surface area contributed by atoms with Crippen LogP contribution in [0.4, 0.5) is 10.1 Å². The van der Waals surface area contributed by atoms with Crippen LogP contribution in [0, 0.1) is 5.82 Å². The third kappa shape index (κ3) is 4.69. The number of hydrogen-bond acceptors (Lipinski definition) is 4. The van der Waals surface area contributed by atoms with E-state index in [1.54, 1.807) is 13.0 Å². The molecule has 0 saturated heterocycles. The van der Waals surface area contributed by atoms with E-state index in [0.29, 0.717) is 17.4 Å². The van der Waals surface area contributed by atoms with Crippen molar-refractivity contribution in [1.82, 2.24) is 14.8 Å². The van der Waals surface area contributed by atoms with E-state index in [4.69, 9.17) is 0 Å². The van der Waals surface area contributed by atoms with Crippen LogP contribution in [-0.4, -0.2) is 25.9 Å². The number of nitrogens with zero attached hydrogens (tertiary/aromatic N) is 2. The fraction of sp³-hybridized carbons (Fsp3) is 0.400. The van der Waals surface area contributed by atoms with E-state index in [1.165, 1.54) is 34.5 Å². The highest BCUT2D eigenvalue weighted by Gasteiger charge is 2.19. The molecular formula is C15H19FN4O2S. The Bertz CT molecular complexity index is 728. The van der Waals surface area contributed by atoms with Gasteiger partial charge in [-0.05, 0) is 31.5 Å². The van der Waals surface area contributed by atoms with E-state index in [-0.39, 0.29) is 11.6 Å². The molecule has 6 nitrogen and oxygen atoms in total. The van der Waals surface area contributed by atoms with Crippen molar-refractivity contribution in [3.8, 4) is 0 Å². The number of unbranched alkanes of at least 4 members (excludes halogenated alkanes) is 1. The number of aromatic nitrogens is 3. The van der Waals surface area contributed by atoms with E-state index in [0.717, 1.165) is 12.8 Å². The van der Waals surface area contributed by atoms with Gasteiger partial charge in [-0.1, -0.05) is 31.2 Å². The fourth-order valence-corrected chi connectivity index (χ4v) is 2.81. The second kappa shape index (κ2) is 7.96. The van der Waals surface area contributed by atoms with Crippen LogP contribution in [-0.2, 0) is 11.3 Å². The largest absolute Gasteiger partial charge is 0.343 e. The summed E-state index contributed by atoms with van der Waals surface area (Å²) in [6.45, 7) is 4.31. The van der Waals surface area contributed by atoms with Gasteiger partial charge in [0.1, 0.15) is 5.82 Å². The van der Waals surface area contributed by atoms with Crippen LogP contribution in [0.3, 0.4) is 0 Å². The first-order valence-corrected chi connectivity index (χ1v) is 8.27. The zero-order valence-electron chi connectivity index (χ0n) is 13.0. The number of benzene rings is 1. The maximum absolute atomic E-state index is 13.1. The number of halogens is 1. The van der Waals surface area contributed by atoms with Crippen LogP contribution in [0.25, 0.3) is 0 Å². The molecule has 1 amide bonds. The second-order valence-corrected chi connectivity index (χ2v) is 6.38. The molecule has 0 fully saturated rings. The number of rotatable bonds is 7. The van der Waals surface area contributed by atoms with Crippen molar-refractivity contribution in [2.75, 3.05) is 5.32 Å². The van der Waals surface area contributed by atoms with Crippen LogP contribution in [0.5, 0.6) is 0 Å². The lowest BCUT2D eigenvalue weighted by Crippen LogP contribution is -2.24. The molecule has 0 aliphatic carbocycles. The average molecular weight is 338 g/mol. The highest BCUT2D eigenvalue weighted by Crippen LogP contribution is 2.21. The van der Waals surface area contributed by atoms with Crippen LogP contribution in [0.2, 0.25) is 0 Å². The predicted molar refractivity (Wildman–Crippen MR) is 88.1 cm³/mol. The number of thioether (sulfide) groups is 1. The molecule has 1 aromatic carbocycles. The molecule has 2 rings (SSSR count). The maximum atomic E-state index is 13.1. The van der Waals surface area contributed by atoms with Crippen molar-refractivity contribution < 1.29 is 9.18 Å². The smallest absolute Gasteiger partial charge is 0.325 e. The number of aromatic amines is 1. The Hall–Kier alpha value is -2.09. The number of carbonyl (C=O) groups is 1. The SMILES string of the molecule is CCCCn1c(S[C@@H](C)C(=O)Nc2cccc(F)c2)n[nH]c1=O. The molecule has 0 radical (unpaired) electrons. The molecule has 0 spiro atoms. The Balaban J connectivity index is 2.02. The number of nitrogens with one attached hydrogen (secondary N) is 2. The van der Waals surface area contributed by atoms with E-state index < -0.39 is 11.1 Å². The first kappa shape index (κ1) is 17.3. The molecule has 0 saturated carbocycles. The molecule has 1 aromatic heterocycles. The normalized spacial score (nSPS) is 12.1. The summed E-state index contributed by atoms with van der Waals surface area (Å²) in [4.78, 5) is 23.9. The highest BCUT2D eigenvalue weighted by atomic mass is 32.2. The number of carbonyl (C=O) groups excluding carboxylic acids is 1. The van der Waals surface area contributed by atoms with Crippen LogP contribution >= 0.6 is 11.8 Å². The molecule has 8 heteroatoms. The summed E-state index contributed by atoms with van der Waals surface area (Å²) >= 11 is 1.19. The standard InChI is InChI=1S/C15H19FN4O2S/c1-3-4-8-20-14(22)18-19-15(20)23-10(2)13(21)17-12-7-5-6-11(16)9-12/h5-7,9-10H,3-4,8H2,1-2H3,(H,17,21)(H,18,22)/t10-/m0/s1. The summed E-state index contributed by atoms with van der Waals surface area (Å²) in [5.41, 5.74) is 0.117. The summed E-state index contributed by atoms with van der Waals surface area (Å²) in [5.74, 6) is -0.693. The molecule has 124 valence electrons. The van der Waals surface area contributed by atoms with Gasteiger partial charge in [0.15, 0.2) is 5.16 Å². The van der Waals surface area contributed by atoms with E-state index in [9.17, 15) is 14.0 Å². The van der Waals surface area contributed by atoms with Crippen LogP contribution in [0.1, 0.15) is 26.7 Å². The van der Waals surface area contributed by atoms with E-state index in [2.05, 4.69) is 15.5 Å². The Kier molecular flexibility index (Phi) is 5.97. The predicted octanol–water partition coefficient (Wildman–Crippen LogP) is 2.63. The van der Waals surface area contributed by atoms with Gasteiger partial charge in [0, 0.05) is 12.2 Å². The second-order valence-electron chi connectivity index (χ2n) is 5.08. The van der Waals surface area contributed by atoms with Crippen molar-refractivity contribution in [3.63, 3.8) is 0 Å². The van der Waals surface area contributed by atoms with Gasteiger partial charge in [-0.25, -0.2) is 14.3 Å². The topological polar surface area (TPSA) is 79.8 Å². The van der Waals surface area contributed by atoms with Gasteiger partial charge in [0.05, 0.1) is 5.25 Å². The highest BCUT2D eigenvalue weighted by molar-refractivity contribution is 8.00. The Morgan fingerprint density at radius 2 is 2.30 bits per heavy atom.